The molecule has 1 unspecified atom stereocenters. The number of thiazole rings is 1. The molecule has 4 aromatic rings. The first-order chi connectivity index (χ1) is 16.4. The highest BCUT2D eigenvalue weighted by Crippen LogP contribution is 2.38. The summed E-state index contributed by atoms with van der Waals surface area (Å²) in [5.41, 5.74) is 2.58. The topological polar surface area (TPSA) is 83.5 Å². The van der Waals surface area contributed by atoms with E-state index in [0.29, 0.717) is 29.5 Å². The molecule has 7 nitrogen and oxygen atoms in total. The van der Waals surface area contributed by atoms with Crippen LogP contribution in [0, 0.1) is 6.92 Å². The molecular formula is C23H21ClN4O3S3. The number of benzene rings is 1. The minimum atomic E-state index is -3.76. The Hall–Kier alpha value is -2.37. The van der Waals surface area contributed by atoms with Crippen molar-refractivity contribution in [2.75, 3.05) is 11.4 Å². The fraction of sp³-hybridized carbons (Fsp3) is 0.261. The zero-order chi connectivity index (χ0) is 23.9. The quantitative estimate of drug-likeness (QED) is 0.345. The first kappa shape index (κ1) is 23.4. The zero-order valence-electron chi connectivity index (χ0n) is 18.2. The lowest BCUT2D eigenvalue weighted by atomic mass is 10.2. The Labute approximate surface area is 210 Å². The van der Waals surface area contributed by atoms with E-state index in [4.69, 9.17) is 16.6 Å². The molecular weight excluding hydrogens is 512 g/mol. The van der Waals surface area contributed by atoms with Gasteiger partial charge in [0.05, 0.1) is 21.8 Å². The summed E-state index contributed by atoms with van der Waals surface area (Å²) in [6, 6.07) is 9.87. The molecule has 1 aromatic carbocycles. The molecule has 0 saturated carbocycles. The Morgan fingerprint density at radius 2 is 2.03 bits per heavy atom. The van der Waals surface area contributed by atoms with Crippen LogP contribution >= 0.6 is 34.3 Å². The van der Waals surface area contributed by atoms with Crippen LogP contribution in [0.1, 0.15) is 24.0 Å². The predicted molar refractivity (Wildman–Crippen MR) is 136 cm³/mol. The van der Waals surface area contributed by atoms with Crippen LogP contribution in [0.15, 0.2) is 58.4 Å². The van der Waals surface area contributed by atoms with E-state index < -0.39 is 16.1 Å². The summed E-state index contributed by atoms with van der Waals surface area (Å²) in [5.74, 6) is -0.290. The number of aromatic nitrogens is 2. The van der Waals surface area contributed by atoms with Gasteiger partial charge in [-0.2, -0.15) is 4.31 Å². The van der Waals surface area contributed by atoms with Crippen molar-refractivity contribution in [2.45, 2.75) is 36.6 Å². The van der Waals surface area contributed by atoms with Crippen molar-refractivity contribution in [3.05, 3.63) is 70.3 Å². The number of carbonyl (C=O) groups excluding carboxylic acids is 1. The maximum atomic E-state index is 14.0. The summed E-state index contributed by atoms with van der Waals surface area (Å²) in [6.45, 7) is 2.51. The largest absolute Gasteiger partial charge is 0.282 e. The molecule has 3 aromatic heterocycles. The lowest BCUT2D eigenvalue weighted by Gasteiger charge is -2.28. The van der Waals surface area contributed by atoms with Gasteiger partial charge in [-0.05, 0) is 60.5 Å². The van der Waals surface area contributed by atoms with Crippen molar-refractivity contribution in [1.29, 1.82) is 0 Å². The average Bonchev–Trinajstić information content (AvgIpc) is 3.61. The van der Waals surface area contributed by atoms with E-state index in [-0.39, 0.29) is 16.7 Å². The molecule has 1 amide bonds. The molecule has 11 heteroatoms. The SMILES string of the molecule is Cc1ccc(Cl)c2sc(N(Cc3ccncc3)C(=O)C3CCCN3S(=O)(=O)c3cccs3)nc12. The Morgan fingerprint density at radius 3 is 2.74 bits per heavy atom. The summed E-state index contributed by atoms with van der Waals surface area (Å²) in [6.07, 6.45) is 4.41. The number of sulfonamides is 1. The van der Waals surface area contributed by atoms with Crippen LogP contribution in [0.3, 0.4) is 0 Å². The fourth-order valence-electron chi connectivity index (χ4n) is 4.10. The molecule has 0 aliphatic carbocycles. The molecule has 1 saturated heterocycles. The molecule has 0 radical (unpaired) electrons. The van der Waals surface area contributed by atoms with Crippen LogP contribution in [-0.2, 0) is 21.4 Å². The Kier molecular flexibility index (Phi) is 6.43. The van der Waals surface area contributed by atoms with Crippen molar-refractivity contribution >= 4 is 65.6 Å². The van der Waals surface area contributed by atoms with Crippen molar-refractivity contribution < 1.29 is 13.2 Å². The van der Waals surface area contributed by atoms with Crippen molar-refractivity contribution in [3.8, 4) is 0 Å². The summed E-state index contributed by atoms with van der Waals surface area (Å²) in [7, 11) is -3.76. The highest BCUT2D eigenvalue weighted by atomic mass is 35.5. The standard InChI is InChI=1S/C23H21ClN4O3S3/c1-15-6-7-17(24)21-20(15)26-23(33-21)27(14-16-8-10-25-11-9-16)22(29)18-4-2-12-28(18)34(30,31)19-5-3-13-32-19/h3,5-11,13,18H,2,4,12,14H2,1H3. The number of aryl methyl sites for hydroxylation is 1. The third kappa shape index (κ3) is 4.25. The number of thiophene rings is 1. The number of pyridine rings is 1. The van der Waals surface area contributed by atoms with Crippen molar-refractivity contribution in [1.82, 2.24) is 14.3 Å². The number of hydrogen-bond acceptors (Lipinski definition) is 7. The van der Waals surface area contributed by atoms with Crippen LogP contribution in [0.5, 0.6) is 0 Å². The van der Waals surface area contributed by atoms with Crippen LogP contribution in [0.4, 0.5) is 5.13 Å². The van der Waals surface area contributed by atoms with Crippen LogP contribution in [-0.4, -0.2) is 41.2 Å². The molecule has 5 rings (SSSR count). The fourth-order valence-corrected chi connectivity index (χ4v) is 8.19. The van der Waals surface area contributed by atoms with E-state index in [9.17, 15) is 13.2 Å². The molecule has 1 aliphatic rings. The molecule has 1 aliphatic heterocycles. The van der Waals surface area contributed by atoms with E-state index in [1.165, 1.54) is 15.6 Å². The van der Waals surface area contributed by atoms with Gasteiger partial charge < -0.3 is 0 Å². The van der Waals surface area contributed by atoms with Crippen molar-refractivity contribution in [3.63, 3.8) is 0 Å². The Morgan fingerprint density at radius 1 is 1.24 bits per heavy atom. The second-order valence-corrected chi connectivity index (χ2v) is 12.5. The molecule has 1 atom stereocenters. The number of anilines is 1. The lowest BCUT2D eigenvalue weighted by molar-refractivity contribution is -0.121. The van der Waals surface area contributed by atoms with Gasteiger partial charge in [-0.15, -0.1) is 11.3 Å². The van der Waals surface area contributed by atoms with Crippen LogP contribution in [0.25, 0.3) is 10.2 Å². The Bertz CT molecular complexity index is 1400. The minimum absolute atomic E-state index is 0.246. The zero-order valence-corrected chi connectivity index (χ0v) is 21.4. The third-order valence-electron chi connectivity index (χ3n) is 5.82. The van der Waals surface area contributed by atoms with Gasteiger partial charge in [0.1, 0.15) is 10.3 Å². The van der Waals surface area contributed by atoms with Gasteiger partial charge in [-0.3, -0.25) is 14.7 Å². The highest BCUT2D eigenvalue weighted by Gasteiger charge is 2.42. The number of halogens is 1. The molecule has 0 spiro atoms. The van der Waals surface area contributed by atoms with Crippen LogP contribution in [0.2, 0.25) is 5.02 Å². The van der Waals surface area contributed by atoms with E-state index in [2.05, 4.69) is 4.98 Å². The van der Waals surface area contributed by atoms with E-state index in [0.717, 1.165) is 32.7 Å². The first-order valence-corrected chi connectivity index (χ1v) is 14.2. The first-order valence-electron chi connectivity index (χ1n) is 10.7. The van der Waals surface area contributed by atoms with E-state index in [1.807, 2.05) is 31.2 Å². The summed E-state index contributed by atoms with van der Waals surface area (Å²) in [4.78, 5) is 24.4. The molecule has 0 bridgehead atoms. The number of amides is 1. The smallest absolute Gasteiger partial charge is 0.253 e. The monoisotopic (exact) mass is 532 g/mol. The van der Waals surface area contributed by atoms with E-state index in [1.54, 1.807) is 34.8 Å². The van der Waals surface area contributed by atoms with Gasteiger partial charge in [0, 0.05) is 18.9 Å². The summed E-state index contributed by atoms with van der Waals surface area (Å²) in [5, 5.41) is 2.79. The molecule has 34 heavy (non-hydrogen) atoms. The number of hydrogen-bond donors (Lipinski definition) is 0. The lowest BCUT2D eigenvalue weighted by Crippen LogP contribution is -2.47. The maximum Gasteiger partial charge on any atom is 0.253 e. The maximum absolute atomic E-state index is 14.0. The van der Waals surface area contributed by atoms with Crippen LogP contribution < -0.4 is 4.90 Å². The van der Waals surface area contributed by atoms with Gasteiger partial charge in [-0.25, -0.2) is 13.4 Å². The van der Waals surface area contributed by atoms with E-state index >= 15 is 0 Å². The second-order valence-electron chi connectivity index (χ2n) is 8.02. The highest BCUT2D eigenvalue weighted by molar-refractivity contribution is 7.91. The van der Waals surface area contributed by atoms with Gasteiger partial charge in [0.2, 0.25) is 5.91 Å². The van der Waals surface area contributed by atoms with Gasteiger partial charge in [0.25, 0.3) is 10.0 Å². The molecule has 1 fully saturated rings. The average molecular weight is 533 g/mol. The number of carbonyl (C=O) groups is 1. The van der Waals surface area contributed by atoms with Gasteiger partial charge in [0.15, 0.2) is 5.13 Å². The second kappa shape index (κ2) is 9.35. The predicted octanol–water partition coefficient (Wildman–Crippen LogP) is 5.10. The third-order valence-corrected chi connectivity index (χ3v) is 10.6. The van der Waals surface area contributed by atoms with Gasteiger partial charge >= 0.3 is 0 Å². The Balaban J connectivity index is 1.56. The summed E-state index contributed by atoms with van der Waals surface area (Å²) >= 11 is 8.92. The van der Waals surface area contributed by atoms with Crippen molar-refractivity contribution in [2.24, 2.45) is 0 Å². The molecule has 176 valence electrons. The number of nitrogens with zero attached hydrogens (tertiary/aromatic N) is 4. The number of rotatable bonds is 6. The minimum Gasteiger partial charge on any atom is -0.282 e. The van der Waals surface area contributed by atoms with Gasteiger partial charge in [-0.1, -0.05) is 35.1 Å². The normalized spacial score (nSPS) is 16.8. The summed E-state index contributed by atoms with van der Waals surface area (Å²) < 4.78 is 29.0. The molecule has 4 heterocycles. The molecule has 0 N–H and O–H groups in total. The number of fused-ring (bicyclic) bond motifs is 1.